The quantitative estimate of drug-likeness (QED) is 0.575. The first kappa shape index (κ1) is 8.50. The van der Waals surface area contributed by atoms with Crippen molar-refractivity contribution in [1.82, 2.24) is 4.98 Å². The summed E-state index contributed by atoms with van der Waals surface area (Å²) in [5, 5.41) is 0. The summed E-state index contributed by atoms with van der Waals surface area (Å²) < 4.78 is 5.10. The van der Waals surface area contributed by atoms with E-state index in [1.54, 1.807) is 12.1 Å². The number of nitrogens with zero attached hydrogens (tertiary/aromatic N) is 1. The smallest absolute Gasteiger partial charge is 0.228 e. The predicted molar refractivity (Wildman–Crippen MR) is 51.7 cm³/mol. The van der Waals surface area contributed by atoms with Gasteiger partial charge in [-0.05, 0) is 12.1 Å². The molecule has 0 aliphatic rings. The van der Waals surface area contributed by atoms with Gasteiger partial charge in [-0.2, -0.15) is 0 Å². The zero-order chi connectivity index (χ0) is 9.97. The van der Waals surface area contributed by atoms with Crippen molar-refractivity contribution in [2.24, 2.45) is 0 Å². The molecule has 0 radical (unpaired) electrons. The first-order valence-electron chi connectivity index (χ1n) is 4.07. The average Bonchev–Trinajstić information content (AvgIpc) is 2.67. The molecule has 1 aromatic heterocycles. The van der Waals surface area contributed by atoms with Crippen LogP contribution < -0.4 is 5.73 Å². The van der Waals surface area contributed by atoms with Gasteiger partial charge in [-0.1, -0.05) is 12.1 Å². The van der Waals surface area contributed by atoms with Crippen molar-refractivity contribution in [2.75, 3.05) is 5.73 Å². The highest BCUT2D eigenvalue weighted by atomic mass is 16.3. The second-order valence-electron chi connectivity index (χ2n) is 2.78. The third-order valence-electron chi connectivity index (χ3n) is 1.83. The van der Waals surface area contributed by atoms with Crippen molar-refractivity contribution in [2.45, 2.75) is 0 Å². The largest absolute Gasteiger partial charge is 0.444 e. The summed E-state index contributed by atoms with van der Waals surface area (Å²) in [6.07, 6.45) is 1.93. The summed E-state index contributed by atoms with van der Waals surface area (Å²) in [6, 6.07) is 7.19. The van der Waals surface area contributed by atoms with Gasteiger partial charge in [0.2, 0.25) is 5.89 Å². The minimum atomic E-state index is 0.267. The van der Waals surface area contributed by atoms with Crippen LogP contribution in [0.2, 0.25) is 0 Å². The molecule has 0 unspecified atom stereocenters. The number of nitrogen functional groups attached to an aromatic ring is 1. The van der Waals surface area contributed by atoms with E-state index in [0.29, 0.717) is 23.4 Å². The van der Waals surface area contributed by atoms with Crippen LogP contribution in [0.4, 0.5) is 5.69 Å². The highest BCUT2D eigenvalue weighted by molar-refractivity contribution is 5.75. The SMILES string of the molecule is Nc1ccccc1-c1nc(C=O)co1. The van der Waals surface area contributed by atoms with Crippen LogP contribution in [0.1, 0.15) is 10.5 Å². The molecule has 0 bridgehead atoms. The Morgan fingerprint density at radius 3 is 2.79 bits per heavy atom. The molecular formula is C10H8N2O2. The van der Waals surface area contributed by atoms with Crippen molar-refractivity contribution >= 4 is 12.0 Å². The molecule has 4 heteroatoms. The third kappa shape index (κ3) is 1.37. The lowest BCUT2D eigenvalue weighted by Gasteiger charge is -1.98. The number of anilines is 1. The molecule has 2 aromatic rings. The summed E-state index contributed by atoms with van der Waals surface area (Å²) in [7, 11) is 0. The van der Waals surface area contributed by atoms with Crippen LogP contribution in [0.25, 0.3) is 11.5 Å². The van der Waals surface area contributed by atoms with E-state index in [0.717, 1.165) is 0 Å². The number of aldehydes is 1. The van der Waals surface area contributed by atoms with Crippen LogP contribution >= 0.6 is 0 Å². The number of hydrogen-bond donors (Lipinski definition) is 1. The highest BCUT2D eigenvalue weighted by Gasteiger charge is 2.08. The molecule has 0 saturated heterocycles. The Balaban J connectivity index is 2.49. The van der Waals surface area contributed by atoms with Crippen molar-refractivity contribution in [3.63, 3.8) is 0 Å². The number of carbonyl (C=O) groups excluding carboxylic acids is 1. The molecule has 0 amide bonds. The summed E-state index contributed by atoms with van der Waals surface area (Å²) in [6.45, 7) is 0. The Bertz CT molecular complexity index is 463. The second kappa shape index (κ2) is 3.33. The number of carbonyl (C=O) groups is 1. The molecule has 2 N–H and O–H groups in total. The molecule has 1 aromatic carbocycles. The molecule has 0 atom stereocenters. The number of hydrogen-bond acceptors (Lipinski definition) is 4. The summed E-state index contributed by atoms with van der Waals surface area (Å²) >= 11 is 0. The van der Waals surface area contributed by atoms with Gasteiger partial charge >= 0.3 is 0 Å². The fourth-order valence-electron chi connectivity index (χ4n) is 1.16. The van der Waals surface area contributed by atoms with Crippen molar-refractivity contribution in [3.05, 3.63) is 36.2 Å². The molecule has 0 aliphatic heterocycles. The lowest BCUT2D eigenvalue weighted by molar-refractivity contribution is 0.111. The maximum atomic E-state index is 10.4. The lowest BCUT2D eigenvalue weighted by Crippen LogP contribution is -1.89. The number of rotatable bonds is 2. The molecule has 2 rings (SSSR count). The van der Waals surface area contributed by atoms with Gasteiger partial charge in [0.05, 0.1) is 5.56 Å². The summed E-state index contributed by atoms with van der Waals surface area (Å²) in [4.78, 5) is 14.3. The number of benzene rings is 1. The van der Waals surface area contributed by atoms with Crippen LogP contribution in [0.3, 0.4) is 0 Å². The second-order valence-corrected chi connectivity index (χ2v) is 2.78. The predicted octanol–water partition coefficient (Wildman–Crippen LogP) is 1.74. The first-order chi connectivity index (χ1) is 6.81. The van der Waals surface area contributed by atoms with Crippen LogP contribution in [0.15, 0.2) is 34.9 Å². The van der Waals surface area contributed by atoms with E-state index in [9.17, 15) is 4.79 Å². The summed E-state index contributed by atoms with van der Waals surface area (Å²) in [5.74, 6) is 0.366. The van der Waals surface area contributed by atoms with Gasteiger partial charge in [0.1, 0.15) is 12.0 Å². The monoisotopic (exact) mass is 188 g/mol. The highest BCUT2D eigenvalue weighted by Crippen LogP contribution is 2.23. The molecular weight excluding hydrogens is 180 g/mol. The van der Waals surface area contributed by atoms with Gasteiger partial charge in [-0.3, -0.25) is 4.79 Å². The molecule has 0 saturated carbocycles. The van der Waals surface area contributed by atoms with Crippen LogP contribution in [-0.4, -0.2) is 11.3 Å². The van der Waals surface area contributed by atoms with Crippen LogP contribution in [-0.2, 0) is 0 Å². The number of aromatic nitrogens is 1. The van der Waals surface area contributed by atoms with Gasteiger partial charge < -0.3 is 10.2 Å². The molecule has 0 spiro atoms. The fraction of sp³-hybridized carbons (Fsp3) is 0. The Hall–Kier alpha value is -2.10. The molecule has 1 heterocycles. The van der Waals surface area contributed by atoms with Crippen LogP contribution in [0.5, 0.6) is 0 Å². The van der Waals surface area contributed by atoms with E-state index in [1.165, 1.54) is 6.26 Å². The number of para-hydroxylation sites is 1. The average molecular weight is 188 g/mol. The molecule has 14 heavy (non-hydrogen) atoms. The van der Waals surface area contributed by atoms with Crippen LogP contribution in [0, 0.1) is 0 Å². The number of oxazole rings is 1. The van der Waals surface area contributed by atoms with Gasteiger partial charge in [0.25, 0.3) is 0 Å². The van der Waals surface area contributed by atoms with Gasteiger partial charge in [0.15, 0.2) is 6.29 Å². The Labute approximate surface area is 80.4 Å². The Kier molecular flexibility index (Phi) is 2.02. The molecule has 70 valence electrons. The van der Waals surface area contributed by atoms with E-state index in [4.69, 9.17) is 10.2 Å². The van der Waals surface area contributed by atoms with E-state index in [2.05, 4.69) is 4.98 Å². The first-order valence-corrected chi connectivity index (χ1v) is 4.07. The van der Waals surface area contributed by atoms with Crippen molar-refractivity contribution in [1.29, 1.82) is 0 Å². The number of nitrogens with two attached hydrogens (primary N) is 1. The molecule has 4 nitrogen and oxygen atoms in total. The van der Waals surface area contributed by atoms with Gasteiger partial charge in [0, 0.05) is 5.69 Å². The van der Waals surface area contributed by atoms with E-state index < -0.39 is 0 Å². The normalized spacial score (nSPS) is 10.0. The van der Waals surface area contributed by atoms with Crippen molar-refractivity contribution < 1.29 is 9.21 Å². The molecule has 0 fully saturated rings. The third-order valence-corrected chi connectivity index (χ3v) is 1.83. The molecule has 0 aliphatic carbocycles. The van der Waals surface area contributed by atoms with E-state index in [-0.39, 0.29) is 5.69 Å². The van der Waals surface area contributed by atoms with Gasteiger partial charge in [-0.25, -0.2) is 4.98 Å². The maximum absolute atomic E-state index is 10.4. The Morgan fingerprint density at radius 1 is 1.36 bits per heavy atom. The van der Waals surface area contributed by atoms with Gasteiger partial charge in [-0.15, -0.1) is 0 Å². The van der Waals surface area contributed by atoms with E-state index in [1.807, 2.05) is 12.1 Å². The van der Waals surface area contributed by atoms with Crippen molar-refractivity contribution in [3.8, 4) is 11.5 Å². The minimum Gasteiger partial charge on any atom is -0.444 e. The Morgan fingerprint density at radius 2 is 2.14 bits per heavy atom. The minimum absolute atomic E-state index is 0.267. The zero-order valence-electron chi connectivity index (χ0n) is 7.31. The zero-order valence-corrected chi connectivity index (χ0v) is 7.31. The summed E-state index contributed by atoms with van der Waals surface area (Å²) in [5.41, 5.74) is 7.25. The van der Waals surface area contributed by atoms with E-state index >= 15 is 0 Å². The fourth-order valence-corrected chi connectivity index (χ4v) is 1.16. The lowest BCUT2D eigenvalue weighted by atomic mass is 10.2. The maximum Gasteiger partial charge on any atom is 0.228 e. The topological polar surface area (TPSA) is 69.1 Å². The standard InChI is InChI=1S/C10H8N2O2/c11-9-4-2-1-3-8(9)10-12-7(5-13)6-14-10/h1-6H,11H2.